The molecule has 0 fully saturated rings. The third kappa shape index (κ3) is 0.655. The van der Waals surface area contributed by atoms with E-state index >= 15 is 0 Å². The zero-order chi connectivity index (χ0) is 6.97. The fourth-order valence-electron chi connectivity index (χ4n) is 0.912. The van der Waals surface area contributed by atoms with Crippen molar-refractivity contribution in [3.05, 3.63) is 11.8 Å². The zero-order valence-electron chi connectivity index (χ0n) is 5.16. The molecular formula is C6H5N3O. The molecule has 0 aromatic heterocycles. The molecule has 2 heterocycles. The van der Waals surface area contributed by atoms with Crippen LogP contribution in [0.3, 0.4) is 0 Å². The maximum atomic E-state index is 10.6. The highest BCUT2D eigenvalue weighted by Crippen LogP contribution is 2.05. The molecule has 1 N–H and O–H groups in total. The molecule has 50 valence electrons. The van der Waals surface area contributed by atoms with Gasteiger partial charge in [0.15, 0.2) is 0 Å². The molecular weight excluding hydrogens is 130 g/mol. The number of carbonyl (C=O) groups is 1. The SMILES string of the molecule is O=C1C=C2NCN=CC2=N1. The second kappa shape index (κ2) is 1.76. The van der Waals surface area contributed by atoms with E-state index in [1.54, 1.807) is 6.21 Å². The van der Waals surface area contributed by atoms with Crippen LogP contribution in [0.15, 0.2) is 21.8 Å². The molecule has 0 atom stereocenters. The van der Waals surface area contributed by atoms with E-state index in [4.69, 9.17) is 0 Å². The van der Waals surface area contributed by atoms with Gasteiger partial charge in [-0.15, -0.1) is 0 Å². The highest BCUT2D eigenvalue weighted by atomic mass is 16.1. The Morgan fingerprint density at radius 2 is 2.50 bits per heavy atom. The monoisotopic (exact) mass is 135 g/mol. The van der Waals surface area contributed by atoms with Crippen LogP contribution < -0.4 is 5.32 Å². The highest BCUT2D eigenvalue weighted by Gasteiger charge is 2.16. The first-order valence-electron chi connectivity index (χ1n) is 2.95. The number of fused-ring (bicyclic) bond motifs is 1. The number of rotatable bonds is 0. The predicted octanol–water partition coefficient (Wildman–Crippen LogP) is -0.517. The fourth-order valence-corrected chi connectivity index (χ4v) is 0.912. The van der Waals surface area contributed by atoms with Crippen LogP contribution in [0.25, 0.3) is 0 Å². The summed E-state index contributed by atoms with van der Waals surface area (Å²) in [5, 5.41) is 2.92. The highest BCUT2D eigenvalue weighted by molar-refractivity contribution is 6.43. The topological polar surface area (TPSA) is 53.8 Å². The normalized spacial score (nSPS) is 21.4. The number of aliphatic imine (C=N–C) groups is 2. The van der Waals surface area contributed by atoms with E-state index in [0.29, 0.717) is 12.4 Å². The van der Waals surface area contributed by atoms with Crippen LogP contribution in [-0.4, -0.2) is 24.5 Å². The summed E-state index contributed by atoms with van der Waals surface area (Å²) in [5.41, 5.74) is 1.44. The van der Waals surface area contributed by atoms with Crippen molar-refractivity contribution >= 4 is 17.8 Å². The summed E-state index contributed by atoms with van der Waals surface area (Å²) < 4.78 is 0. The van der Waals surface area contributed by atoms with Crippen molar-refractivity contribution in [1.29, 1.82) is 0 Å². The van der Waals surface area contributed by atoms with E-state index in [2.05, 4.69) is 15.3 Å². The largest absolute Gasteiger partial charge is 0.364 e. The van der Waals surface area contributed by atoms with Gasteiger partial charge in [0.2, 0.25) is 0 Å². The number of hydrogen-bond acceptors (Lipinski definition) is 3. The summed E-state index contributed by atoms with van der Waals surface area (Å²) in [7, 11) is 0. The van der Waals surface area contributed by atoms with Crippen molar-refractivity contribution in [2.24, 2.45) is 9.98 Å². The predicted molar refractivity (Wildman–Crippen MR) is 37.0 cm³/mol. The van der Waals surface area contributed by atoms with Gasteiger partial charge in [-0.3, -0.25) is 9.79 Å². The van der Waals surface area contributed by atoms with Crippen molar-refractivity contribution in [3.63, 3.8) is 0 Å². The van der Waals surface area contributed by atoms with Crippen LogP contribution in [0, 0.1) is 0 Å². The van der Waals surface area contributed by atoms with E-state index in [1.807, 2.05) is 0 Å². The average Bonchev–Trinajstić information content (AvgIpc) is 2.27. The second-order valence-electron chi connectivity index (χ2n) is 2.04. The summed E-state index contributed by atoms with van der Waals surface area (Å²) >= 11 is 0. The Morgan fingerprint density at radius 3 is 3.30 bits per heavy atom. The lowest BCUT2D eigenvalue weighted by molar-refractivity contribution is -0.113. The van der Waals surface area contributed by atoms with Crippen molar-refractivity contribution in [3.8, 4) is 0 Å². The van der Waals surface area contributed by atoms with E-state index in [0.717, 1.165) is 5.70 Å². The molecule has 2 aliphatic rings. The number of hydrogen-bond donors (Lipinski definition) is 1. The molecule has 0 saturated carbocycles. The lowest BCUT2D eigenvalue weighted by atomic mass is 10.3. The molecule has 0 aromatic carbocycles. The number of nitrogens with one attached hydrogen (secondary N) is 1. The number of allylic oxidation sites excluding steroid dienone is 1. The van der Waals surface area contributed by atoms with Gasteiger partial charge < -0.3 is 5.32 Å². The van der Waals surface area contributed by atoms with Crippen LogP contribution in [-0.2, 0) is 4.79 Å². The van der Waals surface area contributed by atoms with Gasteiger partial charge in [0.1, 0.15) is 12.4 Å². The Kier molecular flexibility index (Phi) is 0.943. The molecule has 4 nitrogen and oxygen atoms in total. The summed E-state index contributed by atoms with van der Waals surface area (Å²) in [5.74, 6) is -0.203. The molecule has 0 saturated heterocycles. The Morgan fingerprint density at radius 1 is 1.60 bits per heavy atom. The van der Waals surface area contributed by atoms with Crippen molar-refractivity contribution in [1.82, 2.24) is 5.32 Å². The van der Waals surface area contributed by atoms with Crippen LogP contribution in [0.4, 0.5) is 0 Å². The van der Waals surface area contributed by atoms with Gasteiger partial charge in [0.05, 0.1) is 11.9 Å². The van der Waals surface area contributed by atoms with Crippen molar-refractivity contribution in [2.75, 3.05) is 6.67 Å². The lowest BCUT2D eigenvalue weighted by Crippen LogP contribution is -2.24. The van der Waals surface area contributed by atoms with Crippen LogP contribution in [0.1, 0.15) is 0 Å². The Hall–Kier alpha value is -1.45. The van der Waals surface area contributed by atoms with Gasteiger partial charge in [0, 0.05) is 6.08 Å². The zero-order valence-corrected chi connectivity index (χ0v) is 5.16. The van der Waals surface area contributed by atoms with E-state index in [-0.39, 0.29) is 5.91 Å². The van der Waals surface area contributed by atoms with E-state index < -0.39 is 0 Å². The number of nitrogens with zero attached hydrogens (tertiary/aromatic N) is 2. The smallest absolute Gasteiger partial charge is 0.272 e. The lowest BCUT2D eigenvalue weighted by Gasteiger charge is -2.07. The Labute approximate surface area is 57.4 Å². The summed E-state index contributed by atoms with van der Waals surface area (Å²) in [6.07, 6.45) is 3.08. The first kappa shape index (κ1) is 5.34. The van der Waals surface area contributed by atoms with Gasteiger partial charge in [0.25, 0.3) is 5.91 Å². The van der Waals surface area contributed by atoms with E-state index in [1.165, 1.54) is 6.08 Å². The molecule has 0 bridgehead atoms. The number of carbonyl (C=O) groups excluding carboxylic acids is 1. The van der Waals surface area contributed by atoms with Gasteiger partial charge in [-0.2, -0.15) is 0 Å². The molecule has 10 heavy (non-hydrogen) atoms. The first-order valence-corrected chi connectivity index (χ1v) is 2.95. The summed E-state index contributed by atoms with van der Waals surface area (Å²) in [6.45, 7) is 0.540. The van der Waals surface area contributed by atoms with Crippen molar-refractivity contribution < 1.29 is 4.79 Å². The van der Waals surface area contributed by atoms with Crippen LogP contribution in [0.5, 0.6) is 0 Å². The molecule has 2 aliphatic heterocycles. The quantitative estimate of drug-likeness (QED) is 0.486. The van der Waals surface area contributed by atoms with Gasteiger partial charge >= 0.3 is 0 Å². The average molecular weight is 135 g/mol. The minimum absolute atomic E-state index is 0.203. The Bertz CT molecular complexity index is 275. The van der Waals surface area contributed by atoms with Gasteiger partial charge in [-0.25, -0.2) is 4.99 Å². The molecule has 0 aliphatic carbocycles. The van der Waals surface area contributed by atoms with Gasteiger partial charge in [-0.05, 0) is 0 Å². The minimum Gasteiger partial charge on any atom is -0.364 e. The molecule has 1 amide bonds. The Balaban J connectivity index is 2.46. The molecule has 0 radical (unpaired) electrons. The first-order chi connectivity index (χ1) is 4.86. The van der Waals surface area contributed by atoms with E-state index in [9.17, 15) is 4.79 Å². The van der Waals surface area contributed by atoms with Crippen LogP contribution >= 0.6 is 0 Å². The fraction of sp³-hybridized carbons (Fsp3) is 0.167. The van der Waals surface area contributed by atoms with Crippen molar-refractivity contribution in [2.45, 2.75) is 0 Å². The van der Waals surface area contributed by atoms with Crippen LogP contribution in [0.2, 0.25) is 0 Å². The standard InChI is InChI=1S/C6H5N3O/c10-6-1-4-5(9-6)2-7-3-8-4/h1-2,8H,3H2. The summed E-state index contributed by atoms with van der Waals surface area (Å²) in [4.78, 5) is 18.2. The molecule has 0 unspecified atom stereocenters. The third-order valence-electron chi connectivity index (χ3n) is 1.35. The third-order valence-corrected chi connectivity index (χ3v) is 1.35. The maximum Gasteiger partial charge on any atom is 0.272 e. The molecule has 0 spiro atoms. The summed E-state index contributed by atoms with van der Waals surface area (Å²) in [6, 6.07) is 0. The number of amides is 1. The maximum absolute atomic E-state index is 10.6. The molecule has 0 aromatic rings. The minimum atomic E-state index is -0.203. The second-order valence-corrected chi connectivity index (χ2v) is 2.04. The molecule has 4 heteroatoms. The molecule has 2 rings (SSSR count). The van der Waals surface area contributed by atoms with Gasteiger partial charge in [-0.1, -0.05) is 0 Å².